The average molecular weight is 302 g/mol. The van der Waals surface area contributed by atoms with Crippen LogP contribution in [0.3, 0.4) is 0 Å². The van der Waals surface area contributed by atoms with Gasteiger partial charge in [-0.15, -0.1) is 0 Å². The minimum Gasteiger partial charge on any atom is -0.316 e. The lowest BCUT2D eigenvalue weighted by Crippen LogP contribution is -2.35. The van der Waals surface area contributed by atoms with Crippen LogP contribution in [0.15, 0.2) is 5.03 Å². The Labute approximate surface area is 122 Å². The molecule has 0 aliphatic heterocycles. The largest absolute Gasteiger partial charge is 0.316 e. The van der Waals surface area contributed by atoms with E-state index in [-0.39, 0.29) is 5.03 Å². The number of aryl methyl sites for hydroxylation is 1. The standard InChI is InChI=1S/C13H26N4O2S/c1-6-10(3)9-17(7-2)20(18,19)13-12(8-14-5)11(4)15-16-13/h10,14H,6-9H2,1-5H3,(H,15,16). The maximum Gasteiger partial charge on any atom is 0.262 e. The molecule has 20 heavy (non-hydrogen) atoms. The molecule has 0 aliphatic rings. The third kappa shape index (κ3) is 3.59. The van der Waals surface area contributed by atoms with E-state index < -0.39 is 10.0 Å². The summed E-state index contributed by atoms with van der Waals surface area (Å²) in [7, 11) is -1.75. The van der Waals surface area contributed by atoms with Crippen molar-refractivity contribution in [2.45, 2.75) is 45.7 Å². The van der Waals surface area contributed by atoms with E-state index in [1.165, 1.54) is 4.31 Å². The van der Waals surface area contributed by atoms with Crippen molar-refractivity contribution in [2.24, 2.45) is 5.92 Å². The van der Waals surface area contributed by atoms with Gasteiger partial charge in [0.1, 0.15) is 0 Å². The molecule has 0 saturated carbocycles. The normalized spacial score (nSPS) is 13.9. The number of H-pyrrole nitrogens is 1. The van der Waals surface area contributed by atoms with Gasteiger partial charge in [0, 0.05) is 30.9 Å². The van der Waals surface area contributed by atoms with Crippen LogP contribution >= 0.6 is 0 Å². The summed E-state index contributed by atoms with van der Waals surface area (Å²) in [6.07, 6.45) is 0.953. The van der Waals surface area contributed by atoms with Crippen LogP contribution in [-0.2, 0) is 16.6 Å². The van der Waals surface area contributed by atoms with Crippen molar-refractivity contribution >= 4 is 10.0 Å². The summed E-state index contributed by atoms with van der Waals surface area (Å²) in [6.45, 7) is 9.29. The van der Waals surface area contributed by atoms with Crippen LogP contribution in [0.25, 0.3) is 0 Å². The van der Waals surface area contributed by atoms with Crippen LogP contribution in [0.5, 0.6) is 0 Å². The number of sulfonamides is 1. The quantitative estimate of drug-likeness (QED) is 0.763. The van der Waals surface area contributed by atoms with Gasteiger partial charge in [-0.3, -0.25) is 5.10 Å². The minimum atomic E-state index is -3.54. The first-order valence-corrected chi connectivity index (χ1v) is 8.50. The molecule has 1 atom stereocenters. The molecule has 1 aromatic rings. The van der Waals surface area contributed by atoms with Crippen molar-refractivity contribution in [2.75, 3.05) is 20.1 Å². The second kappa shape index (κ2) is 7.19. The maximum atomic E-state index is 12.7. The third-order valence-corrected chi connectivity index (χ3v) is 5.45. The highest BCUT2D eigenvalue weighted by Crippen LogP contribution is 2.21. The van der Waals surface area contributed by atoms with Gasteiger partial charge < -0.3 is 5.32 Å². The van der Waals surface area contributed by atoms with Crippen molar-refractivity contribution < 1.29 is 8.42 Å². The van der Waals surface area contributed by atoms with Gasteiger partial charge in [-0.05, 0) is 19.9 Å². The zero-order chi connectivity index (χ0) is 15.3. The van der Waals surface area contributed by atoms with Crippen LogP contribution in [0.2, 0.25) is 0 Å². The number of nitrogens with zero attached hydrogens (tertiary/aromatic N) is 2. The molecule has 0 aromatic carbocycles. The Morgan fingerprint density at radius 2 is 2.05 bits per heavy atom. The second-order valence-corrected chi connectivity index (χ2v) is 6.98. The molecular weight excluding hydrogens is 276 g/mol. The summed E-state index contributed by atoms with van der Waals surface area (Å²) in [4.78, 5) is 0. The van der Waals surface area contributed by atoms with Crippen molar-refractivity contribution in [3.05, 3.63) is 11.3 Å². The highest BCUT2D eigenvalue weighted by molar-refractivity contribution is 7.89. The zero-order valence-corrected chi connectivity index (χ0v) is 13.8. The number of hydrogen-bond donors (Lipinski definition) is 2. The first kappa shape index (κ1) is 17.1. The van der Waals surface area contributed by atoms with Crippen molar-refractivity contribution in [1.29, 1.82) is 0 Å². The molecule has 7 heteroatoms. The molecule has 1 unspecified atom stereocenters. The van der Waals surface area contributed by atoms with Gasteiger partial charge in [0.25, 0.3) is 10.0 Å². The maximum absolute atomic E-state index is 12.7. The molecule has 2 N–H and O–H groups in total. The molecule has 0 amide bonds. The molecule has 116 valence electrons. The Morgan fingerprint density at radius 3 is 2.55 bits per heavy atom. The molecule has 0 fully saturated rings. The number of aromatic nitrogens is 2. The molecule has 0 radical (unpaired) electrons. The topological polar surface area (TPSA) is 78.1 Å². The van der Waals surface area contributed by atoms with Crippen LogP contribution in [0, 0.1) is 12.8 Å². The van der Waals surface area contributed by atoms with E-state index in [1.54, 1.807) is 7.05 Å². The second-order valence-electron chi connectivity index (χ2n) is 5.13. The summed E-state index contributed by atoms with van der Waals surface area (Å²) in [6, 6.07) is 0. The Morgan fingerprint density at radius 1 is 1.40 bits per heavy atom. The first-order valence-electron chi connectivity index (χ1n) is 7.06. The van der Waals surface area contributed by atoms with Crippen LogP contribution in [0.4, 0.5) is 0 Å². The van der Waals surface area contributed by atoms with Crippen LogP contribution < -0.4 is 5.32 Å². The highest BCUT2D eigenvalue weighted by atomic mass is 32.2. The van der Waals surface area contributed by atoms with Crippen molar-refractivity contribution in [3.8, 4) is 0 Å². The fraction of sp³-hybridized carbons (Fsp3) is 0.769. The molecule has 0 spiro atoms. The molecule has 0 aliphatic carbocycles. The van der Waals surface area contributed by atoms with Crippen molar-refractivity contribution in [3.63, 3.8) is 0 Å². The summed E-state index contributed by atoms with van der Waals surface area (Å²) in [5.41, 5.74) is 1.51. The molecular formula is C13H26N4O2S. The Hall–Kier alpha value is -0.920. The smallest absolute Gasteiger partial charge is 0.262 e. The highest BCUT2D eigenvalue weighted by Gasteiger charge is 2.30. The minimum absolute atomic E-state index is 0.148. The monoisotopic (exact) mass is 302 g/mol. The lowest BCUT2D eigenvalue weighted by Gasteiger charge is -2.23. The number of nitrogens with one attached hydrogen (secondary N) is 2. The Bertz CT molecular complexity index is 524. The number of rotatable bonds is 8. The molecule has 1 aromatic heterocycles. The fourth-order valence-corrected chi connectivity index (χ4v) is 3.76. The molecule has 1 heterocycles. The molecule has 6 nitrogen and oxygen atoms in total. The van der Waals surface area contributed by atoms with Gasteiger partial charge in [0.2, 0.25) is 0 Å². The van der Waals surface area contributed by atoms with E-state index in [9.17, 15) is 8.42 Å². The van der Waals surface area contributed by atoms with Crippen LogP contribution in [-0.4, -0.2) is 43.1 Å². The first-order chi connectivity index (χ1) is 9.38. The Kier molecular flexibility index (Phi) is 6.16. The van der Waals surface area contributed by atoms with Gasteiger partial charge in [0.05, 0.1) is 0 Å². The summed E-state index contributed by atoms with van der Waals surface area (Å²) in [5, 5.41) is 9.93. The lowest BCUT2D eigenvalue weighted by molar-refractivity contribution is 0.360. The van der Waals surface area contributed by atoms with Gasteiger partial charge in [-0.25, -0.2) is 8.42 Å². The number of hydrogen-bond acceptors (Lipinski definition) is 4. The van der Waals surface area contributed by atoms with Gasteiger partial charge in [-0.1, -0.05) is 27.2 Å². The Balaban J connectivity index is 3.14. The van der Waals surface area contributed by atoms with Crippen LogP contribution in [0.1, 0.15) is 38.4 Å². The molecule has 0 bridgehead atoms. The van der Waals surface area contributed by atoms with Gasteiger partial charge >= 0.3 is 0 Å². The zero-order valence-electron chi connectivity index (χ0n) is 13.0. The van der Waals surface area contributed by atoms with Gasteiger partial charge in [-0.2, -0.15) is 9.40 Å². The van der Waals surface area contributed by atoms with E-state index in [4.69, 9.17) is 0 Å². The number of aromatic amines is 1. The van der Waals surface area contributed by atoms with E-state index >= 15 is 0 Å². The van der Waals surface area contributed by atoms with E-state index in [1.807, 2.05) is 13.8 Å². The lowest BCUT2D eigenvalue weighted by atomic mass is 10.1. The van der Waals surface area contributed by atoms with E-state index in [2.05, 4.69) is 29.4 Å². The van der Waals surface area contributed by atoms with Gasteiger partial charge in [0.15, 0.2) is 5.03 Å². The van der Waals surface area contributed by atoms with E-state index in [0.717, 1.165) is 17.7 Å². The predicted molar refractivity (Wildman–Crippen MR) is 80.0 cm³/mol. The SMILES string of the molecule is CCC(C)CN(CC)S(=O)(=O)c1n[nH]c(C)c1CNC. The fourth-order valence-electron chi connectivity index (χ4n) is 2.02. The third-order valence-electron chi connectivity index (χ3n) is 3.54. The predicted octanol–water partition coefficient (Wildman–Crippen LogP) is 1.49. The van der Waals surface area contributed by atoms with E-state index in [0.29, 0.717) is 25.6 Å². The summed E-state index contributed by atoms with van der Waals surface area (Å²) < 4.78 is 27.0. The molecule has 1 rings (SSSR count). The van der Waals surface area contributed by atoms with Crippen molar-refractivity contribution in [1.82, 2.24) is 19.8 Å². The molecule has 0 saturated heterocycles. The average Bonchev–Trinajstić information content (AvgIpc) is 2.78. The summed E-state index contributed by atoms with van der Waals surface area (Å²) in [5.74, 6) is 0.331. The summed E-state index contributed by atoms with van der Waals surface area (Å²) >= 11 is 0.